The van der Waals surface area contributed by atoms with Crippen molar-refractivity contribution >= 4 is 27.8 Å². The molecule has 0 spiro atoms. The zero-order valence-electron chi connectivity index (χ0n) is 14.8. The van der Waals surface area contributed by atoms with Gasteiger partial charge in [0.2, 0.25) is 10.0 Å². The van der Waals surface area contributed by atoms with E-state index >= 15 is 0 Å². The van der Waals surface area contributed by atoms with Gasteiger partial charge in [-0.3, -0.25) is 4.79 Å². The van der Waals surface area contributed by atoms with Gasteiger partial charge in [0, 0.05) is 19.8 Å². The second-order valence-corrected chi connectivity index (χ2v) is 7.88. The van der Waals surface area contributed by atoms with E-state index in [2.05, 4.69) is 10.5 Å². The highest BCUT2D eigenvalue weighted by Gasteiger charge is 2.18. The third kappa shape index (κ3) is 5.14. The van der Waals surface area contributed by atoms with Gasteiger partial charge in [0.15, 0.2) is 6.61 Å². The molecule has 0 aliphatic rings. The number of nitrogens with one attached hydrogen (secondary N) is 1. The summed E-state index contributed by atoms with van der Waals surface area (Å²) in [5, 5.41) is 6.38. The minimum absolute atomic E-state index is 0.103. The Bertz CT molecular complexity index is 894. The molecule has 0 fully saturated rings. The number of carbonyl (C=O) groups is 1. The Labute approximate surface area is 153 Å². The van der Waals surface area contributed by atoms with Crippen LogP contribution >= 0.6 is 0 Å². The summed E-state index contributed by atoms with van der Waals surface area (Å²) >= 11 is 0. The van der Waals surface area contributed by atoms with E-state index in [4.69, 9.17) is 4.84 Å². The zero-order valence-corrected chi connectivity index (χ0v) is 15.7. The highest BCUT2D eigenvalue weighted by Crippen LogP contribution is 2.21. The number of hydrogen-bond donors (Lipinski definition) is 1. The molecule has 2 aromatic rings. The molecule has 8 heteroatoms. The lowest BCUT2D eigenvalue weighted by Crippen LogP contribution is -2.23. The molecule has 26 heavy (non-hydrogen) atoms. The number of anilines is 1. The Hall–Kier alpha value is -2.71. The normalized spacial score (nSPS) is 11.7. The Morgan fingerprint density at radius 1 is 1.19 bits per heavy atom. The van der Waals surface area contributed by atoms with Gasteiger partial charge in [-0.25, -0.2) is 12.7 Å². The van der Waals surface area contributed by atoms with E-state index in [1.165, 1.54) is 32.4 Å². The smallest absolute Gasteiger partial charge is 0.265 e. The van der Waals surface area contributed by atoms with Crippen molar-refractivity contribution in [1.29, 1.82) is 0 Å². The molecule has 0 aliphatic heterocycles. The van der Waals surface area contributed by atoms with Crippen molar-refractivity contribution in [2.75, 3.05) is 26.0 Å². The minimum Gasteiger partial charge on any atom is -0.386 e. The van der Waals surface area contributed by atoms with Gasteiger partial charge in [0.05, 0.1) is 11.1 Å². The number of hydrogen-bond acceptors (Lipinski definition) is 5. The molecule has 1 N–H and O–H groups in total. The van der Waals surface area contributed by atoms with E-state index in [1.807, 2.05) is 30.3 Å². The van der Waals surface area contributed by atoms with Gasteiger partial charge >= 0.3 is 0 Å². The van der Waals surface area contributed by atoms with Crippen LogP contribution in [0.2, 0.25) is 0 Å². The van der Waals surface area contributed by atoms with Crippen LogP contribution in [0.4, 0.5) is 5.69 Å². The van der Waals surface area contributed by atoms with E-state index in [1.54, 1.807) is 13.0 Å². The number of carbonyl (C=O) groups excluding carboxylic acids is 1. The average Bonchev–Trinajstić information content (AvgIpc) is 2.61. The summed E-state index contributed by atoms with van der Waals surface area (Å²) in [5.74, 6) is -0.433. The Morgan fingerprint density at radius 2 is 1.88 bits per heavy atom. The second kappa shape index (κ2) is 8.59. The maximum Gasteiger partial charge on any atom is 0.265 e. The van der Waals surface area contributed by atoms with Gasteiger partial charge in [0.25, 0.3) is 5.91 Å². The molecule has 0 atom stereocenters. The second-order valence-electron chi connectivity index (χ2n) is 5.73. The van der Waals surface area contributed by atoms with Crippen molar-refractivity contribution in [2.24, 2.45) is 5.16 Å². The maximum absolute atomic E-state index is 12.2. The molecule has 0 aromatic heterocycles. The van der Waals surface area contributed by atoms with Crippen LogP contribution in [0.15, 0.2) is 58.6 Å². The molecule has 138 valence electrons. The lowest BCUT2D eigenvalue weighted by atomic mass is 10.2. The summed E-state index contributed by atoms with van der Waals surface area (Å²) in [6.45, 7) is 1.49. The molecule has 1 amide bonds. The van der Waals surface area contributed by atoms with Crippen molar-refractivity contribution in [3.8, 4) is 0 Å². The highest BCUT2D eigenvalue weighted by molar-refractivity contribution is 7.89. The summed E-state index contributed by atoms with van der Waals surface area (Å²) in [4.78, 5) is 17.1. The van der Waals surface area contributed by atoms with E-state index < -0.39 is 15.9 Å². The van der Waals surface area contributed by atoms with Crippen LogP contribution in [0.1, 0.15) is 11.1 Å². The summed E-state index contributed by atoms with van der Waals surface area (Å²) in [6, 6.07) is 13.9. The zero-order chi connectivity index (χ0) is 19.2. The largest absolute Gasteiger partial charge is 0.386 e. The average molecular weight is 375 g/mol. The van der Waals surface area contributed by atoms with Crippen molar-refractivity contribution < 1.29 is 18.0 Å². The van der Waals surface area contributed by atoms with Crippen molar-refractivity contribution in [2.45, 2.75) is 11.8 Å². The van der Waals surface area contributed by atoms with E-state index in [0.29, 0.717) is 5.69 Å². The molecule has 2 aromatic carbocycles. The van der Waals surface area contributed by atoms with Crippen LogP contribution in [0.25, 0.3) is 0 Å². The third-order valence-corrected chi connectivity index (χ3v) is 5.34. The van der Waals surface area contributed by atoms with Gasteiger partial charge < -0.3 is 10.2 Å². The first-order valence-corrected chi connectivity index (χ1v) is 9.28. The molecule has 0 heterocycles. The maximum atomic E-state index is 12.2. The number of sulfonamides is 1. The highest BCUT2D eigenvalue weighted by atomic mass is 32.2. The Morgan fingerprint density at radius 3 is 2.54 bits per heavy atom. The van der Waals surface area contributed by atoms with Crippen molar-refractivity contribution in [3.63, 3.8) is 0 Å². The molecule has 0 radical (unpaired) electrons. The number of amides is 1. The fraction of sp³-hybridized carbons (Fsp3) is 0.222. The minimum atomic E-state index is -3.58. The SMILES string of the molecule is Cc1ccc(S(=O)(=O)N(C)C)cc1NC(=O)CON=Cc1ccccc1. The summed E-state index contributed by atoms with van der Waals surface area (Å²) in [6.07, 6.45) is 1.50. The van der Waals surface area contributed by atoms with E-state index in [0.717, 1.165) is 15.4 Å². The van der Waals surface area contributed by atoms with Gasteiger partial charge in [-0.05, 0) is 30.2 Å². The van der Waals surface area contributed by atoms with Gasteiger partial charge in [-0.2, -0.15) is 0 Å². The van der Waals surface area contributed by atoms with E-state index in [9.17, 15) is 13.2 Å². The first kappa shape index (κ1) is 19.6. The van der Waals surface area contributed by atoms with Crippen molar-refractivity contribution in [1.82, 2.24) is 4.31 Å². The van der Waals surface area contributed by atoms with Crippen molar-refractivity contribution in [3.05, 3.63) is 59.7 Å². The lowest BCUT2D eigenvalue weighted by Gasteiger charge is -2.14. The number of nitrogens with zero attached hydrogens (tertiary/aromatic N) is 2. The molecule has 0 saturated carbocycles. The Kier molecular flexibility index (Phi) is 6.48. The first-order valence-electron chi connectivity index (χ1n) is 7.84. The standard InChI is InChI=1S/C18H21N3O4S/c1-14-9-10-16(26(23,24)21(2)3)11-17(14)20-18(22)13-25-19-12-15-7-5-4-6-8-15/h4-12H,13H2,1-3H3,(H,20,22). The quantitative estimate of drug-likeness (QED) is 0.594. The predicted molar refractivity (Wildman–Crippen MR) is 101 cm³/mol. The molecule has 0 saturated heterocycles. The Balaban J connectivity index is 1.99. The van der Waals surface area contributed by atoms with Crippen LogP contribution < -0.4 is 5.32 Å². The molecule has 0 aliphatic carbocycles. The van der Waals surface area contributed by atoms with Crippen LogP contribution in [0.3, 0.4) is 0 Å². The molecular weight excluding hydrogens is 354 g/mol. The predicted octanol–water partition coefficient (Wildman–Crippen LogP) is 2.23. The van der Waals surface area contributed by atoms with Crippen LogP contribution in [0, 0.1) is 6.92 Å². The number of benzene rings is 2. The van der Waals surface area contributed by atoms with E-state index in [-0.39, 0.29) is 11.5 Å². The van der Waals surface area contributed by atoms with Crippen LogP contribution in [-0.2, 0) is 19.7 Å². The molecule has 7 nitrogen and oxygen atoms in total. The molecule has 0 bridgehead atoms. The third-order valence-electron chi connectivity index (χ3n) is 3.53. The number of oxime groups is 1. The summed E-state index contributed by atoms with van der Waals surface area (Å²) < 4.78 is 25.5. The molecule has 2 rings (SSSR count). The fourth-order valence-electron chi connectivity index (χ4n) is 2.03. The van der Waals surface area contributed by atoms with Gasteiger partial charge in [-0.15, -0.1) is 0 Å². The number of rotatable bonds is 7. The lowest BCUT2D eigenvalue weighted by molar-refractivity contribution is -0.120. The summed E-state index contributed by atoms with van der Waals surface area (Å²) in [7, 11) is -0.675. The van der Waals surface area contributed by atoms with Crippen LogP contribution in [-0.4, -0.2) is 45.5 Å². The number of aryl methyl sites for hydroxylation is 1. The molecule has 0 unspecified atom stereocenters. The first-order chi connectivity index (χ1) is 12.3. The topological polar surface area (TPSA) is 88.1 Å². The molecular formula is C18H21N3O4S. The fourth-order valence-corrected chi connectivity index (χ4v) is 2.95. The van der Waals surface area contributed by atoms with Gasteiger partial charge in [-0.1, -0.05) is 41.6 Å². The van der Waals surface area contributed by atoms with Gasteiger partial charge in [0.1, 0.15) is 0 Å². The monoisotopic (exact) mass is 375 g/mol. The summed E-state index contributed by atoms with van der Waals surface area (Å²) in [5.41, 5.74) is 2.00. The van der Waals surface area contributed by atoms with Crippen LogP contribution in [0.5, 0.6) is 0 Å².